The predicted octanol–water partition coefficient (Wildman–Crippen LogP) is 8.09. The van der Waals surface area contributed by atoms with Gasteiger partial charge in [0.05, 0.1) is 0 Å². The fourth-order valence-electron chi connectivity index (χ4n) is 3.05. The first kappa shape index (κ1) is 25.9. The SMILES string of the molecule is CCCCCCCCCCCCSC(CCCCC)CCS[PH](=O)O. The minimum absolute atomic E-state index is 0.693. The van der Waals surface area contributed by atoms with Gasteiger partial charge in [-0.1, -0.05) is 102 Å². The standard InChI is InChI=1S/C20H43O2PS2/c1-3-5-7-8-9-10-11-12-13-15-18-24-20(16-14-6-4-2)17-19-25-23(21)22/h20,23H,3-19H2,1-2H3,(H,21,22). The molecule has 2 nitrogen and oxygen atoms in total. The zero-order valence-corrected chi connectivity index (χ0v) is 19.4. The van der Waals surface area contributed by atoms with Gasteiger partial charge in [0.25, 0.3) is 0 Å². The molecule has 0 aromatic rings. The predicted molar refractivity (Wildman–Crippen MR) is 121 cm³/mol. The van der Waals surface area contributed by atoms with Gasteiger partial charge in [-0.2, -0.15) is 11.8 Å². The highest BCUT2D eigenvalue weighted by atomic mass is 32.7. The average molecular weight is 411 g/mol. The second-order valence-corrected chi connectivity index (χ2v) is 11.6. The number of hydrogen-bond donors (Lipinski definition) is 1. The maximum atomic E-state index is 10.8. The van der Waals surface area contributed by atoms with Crippen LogP contribution in [-0.2, 0) is 4.57 Å². The van der Waals surface area contributed by atoms with Gasteiger partial charge in [0.15, 0.2) is 0 Å². The van der Waals surface area contributed by atoms with E-state index in [1.807, 2.05) is 0 Å². The van der Waals surface area contributed by atoms with E-state index >= 15 is 0 Å². The van der Waals surface area contributed by atoms with Crippen molar-refractivity contribution in [2.45, 2.75) is 115 Å². The van der Waals surface area contributed by atoms with Crippen molar-refractivity contribution in [3.8, 4) is 0 Å². The Labute approximate surface area is 166 Å². The lowest BCUT2D eigenvalue weighted by Gasteiger charge is -2.16. The molecular formula is C20H43O2PS2. The quantitative estimate of drug-likeness (QED) is 0.162. The summed E-state index contributed by atoms with van der Waals surface area (Å²) in [6.45, 7) is 4.53. The Morgan fingerprint density at radius 3 is 1.80 bits per heavy atom. The molecule has 0 radical (unpaired) electrons. The van der Waals surface area contributed by atoms with Gasteiger partial charge in [-0.15, -0.1) is 0 Å². The largest absolute Gasteiger partial charge is 0.339 e. The molecular weight excluding hydrogens is 367 g/mol. The molecule has 0 rings (SSSR count). The molecule has 0 bridgehead atoms. The molecule has 0 aliphatic carbocycles. The Hall–Kier alpha value is 0.890. The van der Waals surface area contributed by atoms with Crippen LogP contribution in [0.3, 0.4) is 0 Å². The third-order valence-corrected chi connectivity index (χ3v) is 8.15. The zero-order valence-electron chi connectivity index (χ0n) is 16.8. The molecule has 0 aromatic heterocycles. The maximum absolute atomic E-state index is 10.8. The molecule has 0 heterocycles. The van der Waals surface area contributed by atoms with E-state index in [0.717, 1.165) is 12.2 Å². The van der Waals surface area contributed by atoms with Crippen LogP contribution in [0.4, 0.5) is 0 Å². The van der Waals surface area contributed by atoms with Gasteiger partial charge in [0.1, 0.15) is 0 Å². The summed E-state index contributed by atoms with van der Waals surface area (Å²) in [5, 5.41) is 0.693. The lowest BCUT2D eigenvalue weighted by atomic mass is 10.1. The topological polar surface area (TPSA) is 37.3 Å². The second kappa shape index (κ2) is 21.2. The van der Waals surface area contributed by atoms with Gasteiger partial charge in [-0.05, 0) is 25.0 Å². The van der Waals surface area contributed by atoms with Crippen molar-refractivity contribution in [1.29, 1.82) is 0 Å². The third kappa shape index (κ3) is 21.1. The third-order valence-electron chi connectivity index (χ3n) is 4.65. The van der Waals surface area contributed by atoms with Gasteiger partial charge in [-0.25, -0.2) is 0 Å². The van der Waals surface area contributed by atoms with Gasteiger partial charge in [0.2, 0.25) is 7.23 Å². The Kier molecular flexibility index (Phi) is 21.9. The highest BCUT2D eigenvalue weighted by molar-refractivity contribution is 8.50. The average Bonchev–Trinajstić information content (AvgIpc) is 2.59. The van der Waals surface area contributed by atoms with Gasteiger partial charge in [-0.3, -0.25) is 4.57 Å². The summed E-state index contributed by atoms with van der Waals surface area (Å²) in [7, 11) is -2.34. The summed E-state index contributed by atoms with van der Waals surface area (Å²) < 4.78 is 10.8. The first-order chi connectivity index (χ1) is 12.2. The van der Waals surface area contributed by atoms with Crippen LogP contribution in [0.2, 0.25) is 0 Å². The van der Waals surface area contributed by atoms with Gasteiger partial charge in [0, 0.05) is 11.0 Å². The summed E-state index contributed by atoms with van der Waals surface area (Å²) in [4.78, 5) is 8.96. The number of thioether (sulfide) groups is 1. The summed E-state index contributed by atoms with van der Waals surface area (Å²) in [5.74, 6) is 2.11. The smallest absolute Gasteiger partial charge is 0.243 e. The summed E-state index contributed by atoms with van der Waals surface area (Å²) in [6, 6.07) is 0. The molecule has 0 aromatic carbocycles. The Bertz CT molecular complexity index is 291. The van der Waals surface area contributed by atoms with Crippen molar-refractivity contribution in [1.82, 2.24) is 0 Å². The second-order valence-electron chi connectivity index (χ2n) is 7.07. The van der Waals surface area contributed by atoms with Crippen LogP contribution >= 0.6 is 30.4 Å². The van der Waals surface area contributed by atoms with E-state index in [0.29, 0.717) is 5.25 Å². The van der Waals surface area contributed by atoms with Crippen molar-refractivity contribution in [3.63, 3.8) is 0 Å². The van der Waals surface area contributed by atoms with Crippen LogP contribution in [-0.4, -0.2) is 21.6 Å². The molecule has 25 heavy (non-hydrogen) atoms. The normalized spacial score (nSPS) is 13.9. The molecule has 0 amide bonds. The molecule has 0 fully saturated rings. The van der Waals surface area contributed by atoms with Crippen LogP contribution < -0.4 is 0 Å². The molecule has 2 atom stereocenters. The van der Waals surface area contributed by atoms with E-state index in [2.05, 4.69) is 25.6 Å². The Morgan fingerprint density at radius 1 is 0.720 bits per heavy atom. The summed E-state index contributed by atoms with van der Waals surface area (Å²) in [6.07, 6.45) is 20.3. The highest BCUT2D eigenvalue weighted by Gasteiger charge is 2.09. The summed E-state index contributed by atoms with van der Waals surface area (Å²) in [5.41, 5.74) is 0. The van der Waals surface area contributed by atoms with Crippen molar-refractivity contribution in [2.75, 3.05) is 11.5 Å². The van der Waals surface area contributed by atoms with Crippen molar-refractivity contribution in [2.24, 2.45) is 0 Å². The first-order valence-corrected chi connectivity index (χ1v) is 14.8. The van der Waals surface area contributed by atoms with E-state index in [1.165, 1.54) is 107 Å². The van der Waals surface area contributed by atoms with Crippen LogP contribution in [0.1, 0.15) is 110 Å². The number of unbranched alkanes of at least 4 members (excludes halogenated alkanes) is 11. The molecule has 152 valence electrons. The first-order valence-electron chi connectivity index (χ1n) is 10.7. The molecule has 0 aliphatic rings. The lowest BCUT2D eigenvalue weighted by molar-refractivity contribution is 0.519. The molecule has 1 N–H and O–H groups in total. The molecule has 5 heteroatoms. The Morgan fingerprint density at radius 2 is 1.24 bits per heavy atom. The minimum atomic E-state index is -2.34. The zero-order chi connectivity index (χ0) is 18.6. The number of hydrogen-bond acceptors (Lipinski definition) is 3. The lowest BCUT2D eigenvalue weighted by Crippen LogP contribution is -2.05. The van der Waals surface area contributed by atoms with E-state index in [9.17, 15) is 4.57 Å². The van der Waals surface area contributed by atoms with Crippen molar-refractivity contribution in [3.05, 3.63) is 0 Å². The van der Waals surface area contributed by atoms with Crippen LogP contribution in [0.25, 0.3) is 0 Å². The van der Waals surface area contributed by atoms with Gasteiger partial charge >= 0.3 is 0 Å². The van der Waals surface area contributed by atoms with Gasteiger partial charge < -0.3 is 4.89 Å². The fourth-order valence-corrected chi connectivity index (χ4v) is 5.98. The number of rotatable bonds is 20. The fraction of sp³-hybridized carbons (Fsp3) is 1.00. The van der Waals surface area contributed by atoms with E-state index < -0.39 is 7.23 Å². The van der Waals surface area contributed by atoms with E-state index in [4.69, 9.17) is 4.89 Å². The Balaban J connectivity index is 3.56. The van der Waals surface area contributed by atoms with E-state index in [1.54, 1.807) is 0 Å². The van der Waals surface area contributed by atoms with Crippen LogP contribution in [0.15, 0.2) is 0 Å². The molecule has 2 unspecified atom stereocenters. The summed E-state index contributed by atoms with van der Waals surface area (Å²) >= 11 is 3.36. The van der Waals surface area contributed by atoms with Crippen molar-refractivity contribution >= 4 is 30.4 Å². The molecule has 0 aliphatic heterocycles. The maximum Gasteiger partial charge on any atom is 0.243 e. The minimum Gasteiger partial charge on any atom is -0.339 e. The molecule has 0 spiro atoms. The van der Waals surface area contributed by atoms with E-state index in [-0.39, 0.29) is 0 Å². The van der Waals surface area contributed by atoms with Crippen molar-refractivity contribution < 1.29 is 9.46 Å². The monoisotopic (exact) mass is 410 g/mol. The van der Waals surface area contributed by atoms with Crippen LogP contribution in [0, 0.1) is 0 Å². The molecule has 0 saturated carbocycles. The molecule has 0 saturated heterocycles. The van der Waals surface area contributed by atoms with Crippen LogP contribution in [0.5, 0.6) is 0 Å². The highest BCUT2D eigenvalue weighted by Crippen LogP contribution is 2.35.